The maximum atomic E-state index is 12.8. The zero-order valence-corrected chi connectivity index (χ0v) is 8.74. The first-order valence-electron chi connectivity index (χ1n) is 4.72. The lowest BCUT2D eigenvalue weighted by atomic mass is 10.1. The first-order chi connectivity index (χ1) is 7.67. The summed E-state index contributed by atoms with van der Waals surface area (Å²) in [6.07, 6.45) is 2.63. The second kappa shape index (κ2) is 5.66. The Morgan fingerprint density at radius 3 is 3.00 bits per heavy atom. The van der Waals surface area contributed by atoms with Crippen molar-refractivity contribution in [2.24, 2.45) is 0 Å². The van der Waals surface area contributed by atoms with E-state index in [0.29, 0.717) is 5.56 Å². The molecule has 0 N–H and O–H groups in total. The third-order valence-electron chi connectivity index (χ3n) is 1.82. The summed E-state index contributed by atoms with van der Waals surface area (Å²) in [7, 11) is 0. The summed E-state index contributed by atoms with van der Waals surface area (Å²) in [6.45, 7) is 1.99. The number of esters is 1. The predicted octanol–water partition coefficient (Wildman–Crippen LogP) is 2.27. The zero-order valence-electron chi connectivity index (χ0n) is 8.74. The van der Waals surface area contributed by atoms with Crippen molar-refractivity contribution < 1.29 is 13.9 Å². The van der Waals surface area contributed by atoms with E-state index in [-0.39, 0.29) is 12.2 Å². The van der Waals surface area contributed by atoms with E-state index in [4.69, 9.17) is 5.26 Å². The van der Waals surface area contributed by atoms with Crippen molar-refractivity contribution in [1.82, 2.24) is 0 Å². The summed E-state index contributed by atoms with van der Waals surface area (Å²) in [5.74, 6) is -0.972. The average Bonchev–Trinajstić information content (AvgIpc) is 2.27. The molecule has 82 valence electrons. The van der Waals surface area contributed by atoms with Crippen LogP contribution in [0.1, 0.15) is 18.1 Å². The van der Waals surface area contributed by atoms with Crippen LogP contribution in [0.25, 0.3) is 6.08 Å². The van der Waals surface area contributed by atoms with E-state index in [0.717, 1.165) is 6.07 Å². The molecule has 0 bridgehead atoms. The molecule has 0 aliphatic rings. The van der Waals surface area contributed by atoms with Crippen molar-refractivity contribution in [2.45, 2.75) is 6.92 Å². The van der Waals surface area contributed by atoms with E-state index in [1.165, 1.54) is 24.3 Å². The first-order valence-corrected chi connectivity index (χ1v) is 4.72. The highest BCUT2D eigenvalue weighted by Crippen LogP contribution is 2.12. The largest absolute Gasteiger partial charge is 0.463 e. The number of hydrogen-bond acceptors (Lipinski definition) is 3. The highest BCUT2D eigenvalue weighted by atomic mass is 19.1. The molecule has 3 nitrogen and oxygen atoms in total. The topological polar surface area (TPSA) is 50.1 Å². The Kier molecular flexibility index (Phi) is 4.22. The Morgan fingerprint density at radius 2 is 2.38 bits per heavy atom. The summed E-state index contributed by atoms with van der Waals surface area (Å²) in [5, 5.41) is 8.74. The van der Waals surface area contributed by atoms with Crippen LogP contribution in [0.5, 0.6) is 0 Å². The molecule has 16 heavy (non-hydrogen) atoms. The molecule has 4 heteroatoms. The fraction of sp³-hybridized carbons (Fsp3) is 0.167. The molecule has 0 unspecified atom stereocenters. The Morgan fingerprint density at radius 1 is 1.62 bits per heavy atom. The maximum absolute atomic E-state index is 12.8. The smallest absolute Gasteiger partial charge is 0.330 e. The Labute approximate surface area is 92.8 Å². The number of ether oxygens (including phenoxy) is 1. The van der Waals surface area contributed by atoms with Gasteiger partial charge in [0.25, 0.3) is 0 Å². The summed E-state index contributed by atoms with van der Waals surface area (Å²) in [4.78, 5) is 11.0. The quantitative estimate of drug-likeness (QED) is 0.578. The van der Waals surface area contributed by atoms with Crippen LogP contribution in [-0.4, -0.2) is 12.6 Å². The Bertz CT molecular complexity index is 461. The third kappa shape index (κ3) is 3.21. The van der Waals surface area contributed by atoms with Gasteiger partial charge < -0.3 is 4.74 Å². The van der Waals surface area contributed by atoms with Gasteiger partial charge in [-0.25, -0.2) is 9.18 Å². The lowest BCUT2D eigenvalue weighted by molar-refractivity contribution is -0.137. The SMILES string of the molecule is CCOC(=O)C=Cc1ccc(F)cc1C#N. The Hall–Kier alpha value is -2.15. The van der Waals surface area contributed by atoms with Crippen LogP contribution in [0.2, 0.25) is 0 Å². The molecular formula is C12H10FNO2. The predicted molar refractivity (Wildman–Crippen MR) is 56.8 cm³/mol. The van der Waals surface area contributed by atoms with Crippen molar-refractivity contribution in [1.29, 1.82) is 5.26 Å². The second-order valence-corrected chi connectivity index (χ2v) is 2.93. The number of benzene rings is 1. The van der Waals surface area contributed by atoms with Crippen molar-refractivity contribution in [3.05, 3.63) is 41.2 Å². The molecule has 0 aromatic heterocycles. The van der Waals surface area contributed by atoms with Crippen molar-refractivity contribution in [3.63, 3.8) is 0 Å². The Balaban J connectivity index is 2.89. The van der Waals surface area contributed by atoms with Crippen LogP contribution < -0.4 is 0 Å². The van der Waals surface area contributed by atoms with E-state index >= 15 is 0 Å². The van der Waals surface area contributed by atoms with Crippen LogP contribution in [0, 0.1) is 17.1 Å². The van der Waals surface area contributed by atoms with Gasteiger partial charge in [0.15, 0.2) is 0 Å². The van der Waals surface area contributed by atoms with Crippen LogP contribution in [0.3, 0.4) is 0 Å². The molecule has 0 saturated carbocycles. The molecule has 0 heterocycles. The molecule has 0 fully saturated rings. The number of carbonyl (C=O) groups is 1. The van der Waals surface area contributed by atoms with E-state index in [2.05, 4.69) is 4.74 Å². The van der Waals surface area contributed by atoms with Crippen LogP contribution in [0.4, 0.5) is 4.39 Å². The van der Waals surface area contributed by atoms with E-state index in [1.54, 1.807) is 6.92 Å². The van der Waals surface area contributed by atoms with Gasteiger partial charge in [-0.05, 0) is 30.7 Å². The number of nitriles is 1. The number of halogens is 1. The molecule has 0 saturated heterocycles. The number of nitrogens with zero attached hydrogens (tertiary/aromatic N) is 1. The minimum Gasteiger partial charge on any atom is -0.463 e. The van der Waals surface area contributed by atoms with Gasteiger partial charge in [-0.3, -0.25) is 0 Å². The summed E-state index contributed by atoms with van der Waals surface area (Å²) in [5.41, 5.74) is 0.664. The molecular weight excluding hydrogens is 209 g/mol. The van der Waals surface area contributed by atoms with Gasteiger partial charge in [-0.2, -0.15) is 5.26 Å². The van der Waals surface area contributed by atoms with Crippen LogP contribution in [-0.2, 0) is 9.53 Å². The minimum atomic E-state index is -0.490. The monoisotopic (exact) mass is 219 g/mol. The number of carbonyl (C=O) groups excluding carboxylic acids is 1. The van der Waals surface area contributed by atoms with Gasteiger partial charge in [0.1, 0.15) is 5.82 Å². The van der Waals surface area contributed by atoms with Crippen molar-refractivity contribution in [2.75, 3.05) is 6.61 Å². The molecule has 0 spiro atoms. The van der Waals surface area contributed by atoms with E-state index < -0.39 is 11.8 Å². The fourth-order valence-corrected chi connectivity index (χ4v) is 1.12. The molecule has 0 aliphatic carbocycles. The molecule has 1 aromatic carbocycles. The van der Waals surface area contributed by atoms with Gasteiger partial charge in [-0.1, -0.05) is 6.07 Å². The third-order valence-corrected chi connectivity index (χ3v) is 1.82. The van der Waals surface area contributed by atoms with Crippen molar-refractivity contribution >= 4 is 12.0 Å². The molecule has 1 rings (SSSR count). The minimum absolute atomic E-state index is 0.181. The lowest BCUT2D eigenvalue weighted by Crippen LogP contribution is -1.98. The molecule has 0 radical (unpaired) electrons. The van der Waals surface area contributed by atoms with Gasteiger partial charge >= 0.3 is 5.97 Å². The molecule has 0 amide bonds. The first kappa shape index (κ1) is 11.9. The van der Waals surface area contributed by atoms with E-state index in [9.17, 15) is 9.18 Å². The van der Waals surface area contributed by atoms with Gasteiger partial charge in [0.2, 0.25) is 0 Å². The van der Waals surface area contributed by atoms with Gasteiger partial charge in [0.05, 0.1) is 18.2 Å². The zero-order chi connectivity index (χ0) is 12.0. The highest BCUT2D eigenvalue weighted by Gasteiger charge is 2.01. The van der Waals surface area contributed by atoms with Gasteiger partial charge in [0, 0.05) is 6.08 Å². The van der Waals surface area contributed by atoms with Crippen molar-refractivity contribution in [3.8, 4) is 6.07 Å². The number of rotatable bonds is 3. The summed E-state index contributed by atoms with van der Waals surface area (Å²) in [6, 6.07) is 5.63. The lowest BCUT2D eigenvalue weighted by Gasteiger charge is -1.98. The molecule has 0 aliphatic heterocycles. The van der Waals surface area contributed by atoms with Crippen LogP contribution in [0.15, 0.2) is 24.3 Å². The number of hydrogen-bond donors (Lipinski definition) is 0. The normalized spacial score (nSPS) is 10.1. The molecule has 1 aromatic rings. The van der Waals surface area contributed by atoms with Crippen LogP contribution >= 0.6 is 0 Å². The fourth-order valence-electron chi connectivity index (χ4n) is 1.12. The highest BCUT2D eigenvalue weighted by molar-refractivity contribution is 5.87. The average molecular weight is 219 g/mol. The summed E-state index contributed by atoms with van der Waals surface area (Å²) < 4.78 is 17.5. The van der Waals surface area contributed by atoms with E-state index in [1.807, 2.05) is 6.07 Å². The molecule has 0 atom stereocenters. The maximum Gasteiger partial charge on any atom is 0.330 e. The second-order valence-electron chi connectivity index (χ2n) is 2.93. The standard InChI is InChI=1S/C12H10FNO2/c1-2-16-12(15)6-4-9-3-5-11(13)7-10(9)8-14/h3-7H,2H2,1H3. The van der Waals surface area contributed by atoms with Gasteiger partial charge in [-0.15, -0.1) is 0 Å². The summed E-state index contributed by atoms with van der Waals surface area (Å²) >= 11 is 0.